The van der Waals surface area contributed by atoms with Crippen LogP contribution in [0.5, 0.6) is 0 Å². The van der Waals surface area contributed by atoms with Gasteiger partial charge in [-0.15, -0.1) is 0 Å². The summed E-state index contributed by atoms with van der Waals surface area (Å²) in [6.45, 7) is 4.88. The summed E-state index contributed by atoms with van der Waals surface area (Å²) >= 11 is -0.107. The maximum atomic E-state index is 2.49. The van der Waals surface area contributed by atoms with E-state index >= 15 is 0 Å². The van der Waals surface area contributed by atoms with Gasteiger partial charge >= 0.3 is 141 Å². The van der Waals surface area contributed by atoms with Crippen LogP contribution in [0.3, 0.4) is 0 Å². The maximum Gasteiger partial charge on any atom is -1.00 e. The van der Waals surface area contributed by atoms with Gasteiger partial charge in [0.15, 0.2) is 0 Å². The molecule has 2 atom stereocenters. The van der Waals surface area contributed by atoms with Gasteiger partial charge in [0, 0.05) is 0 Å². The van der Waals surface area contributed by atoms with E-state index in [9.17, 15) is 0 Å². The smallest absolute Gasteiger partial charge is 1.00 e. The molecule has 1 aliphatic heterocycles. The Balaban J connectivity index is 0.000000845. The number of fused-ring (bicyclic) bond motifs is 6. The fraction of sp³-hybridized carbons (Fsp3) is 0.238. The summed E-state index contributed by atoms with van der Waals surface area (Å²) in [7, 11) is 0. The van der Waals surface area contributed by atoms with Crippen molar-refractivity contribution in [2.75, 3.05) is 0 Å². The Bertz CT molecular complexity index is 794. The Morgan fingerprint density at radius 3 is 1.58 bits per heavy atom. The number of hydrogen-bond donors (Lipinski definition) is 0. The zero-order chi connectivity index (χ0) is 14.9. The largest absolute Gasteiger partial charge is 1.00 e. The molecule has 0 aromatic heterocycles. The van der Waals surface area contributed by atoms with E-state index in [4.69, 9.17) is 0 Å². The summed E-state index contributed by atoms with van der Waals surface area (Å²) in [5.74, 6) is 0. The van der Waals surface area contributed by atoms with E-state index in [1.165, 1.54) is 11.1 Å². The summed E-state index contributed by atoms with van der Waals surface area (Å²) in [6.07, 6.45) is 4.98. The average molecular weight is 389 g/mol. The van der Waals surface area contributed by atoms with Crippen molar-refractivity contribution in [3.05, 3.63) is 81.9 Å². The van der Waals surface area contributed by atoms with Crippen molar-refractivity contribution >= 4 is 12.2 Å². The van der Waals surface area contributed by atoms with Crippen molar-refractivity contribution < 1.29 is 44.0 Å². The number of rotatable bonds is 0. The minimum atomic E-state index is -0.107. The molecular weight excluding hydrogens is 371 g/mol. The first kappa shape index (κ1) is 18.0. The molecule has 2 aromatic carbocycles. The van der Waals surface area contributed by atoms with Gasteiger partial charge in [0.05, 0.1) is 0 Å². The minimum absolute atomic E-state index is 0. The van der Waals surface area contributed by atoms with Crippen molar-refractivity contribution in [2.45, 2.75) is 22.3 Å². The number of benzene rings is 2. The zero-order valence-corrected chi connectivity index (χ0v) is 16.8. The molecule has 1 saturated heterocycles. The third-order valence-corrected chi connectivity index (χ3v) is 8.62. The first-order chi connectivity index (χ1) is 10.7. The van der Waals surface area contributed by atoms with Gasteiger partial charge in [-0.25, -0.2) is 0 Å². The van der Waals surface area contributed by atoms with E-state index in [1.807, 2.05) is 0 Å². The molecule has 24 heavy (non-hydrogen) atoms. The Hall–Kier alpha value is -0.786. The summed E-state index contributed by atoms with van der Waals surface area (Å²) in [5.41, 5.74) is 9.65. The second kappa shape index (κ2) is 6.18. The molecule has 0 nitrogen and oxygen atoms in total. The van der Waals surface area contributed by atoms with Gasteiger partial charge in [0.25, 0.3) is 0 Å². The molecule has 120 valence electrons. The normalized spacial score (nSPS) is 23.6. The third-order valence-electron chi connectivity index (χ3n) is 5.63. The van der Waals surface area contributed by atoms with Gasteiger partial charge in [-0.05, 0) is 0 Å². The molecule has 5 rings (SSSR count). The van der Waals surface area contributed by atoms with E-state index in [-0.39, 0.29) is 49.4 Å². The molecule has 0 spiro atoms. The van der Waals surface area contributed by atoms with E-state index in [2.05, 4.69) is 74.5 Å². The molecule has 3 heteroatoms. The van der Waals surface area contributed by atoms with Crippen LogP contribution in [-0.2, 0) is 19.2 Å². The molecule has 2 aromatic rings. The van der Waals surface area contributed by atoms with Crippen LogP contribution in [0.25, 0.3) is 12.2 Å². The number of hydrogen-bond acceptors (Lipinski definition) is 0. The molecule has 2 aliphatic carbocycles. The summed E-state index contributed by atoms with van der Waals surface area (Å²) < 4.78 is 1.44. The number of allylic oxidation sites excluding steroid dienone is 2. The van der Waals surface area contributed by atoms with Crippen molar-refractivity contribution in [2.24, 2.45) is 5.41 Å². The van der Waals surface area contributed by atoms with Crippen LogP contribution >= 0.6 is 0 Å². The monoisotopic (exact) mass is 388 g/mol. The molecule has 0 saturated carbocycles. The number of halogens is 2. The van der Waals surface area contributed by atoms with Crippen LogP contribution in [0.15, 0.2) is 59.7 Å². The van der Waals surface area contributed by atoms with Crippen LogP contribution in [0.2, 0.25) is 0 Å². The topological polar surface area (TPSA) is 0 Å². The fourth-order valence-electron chi connectivity index (χ4n) is 4.42. The van der Waals surface area contributed by atoms with E-state index in [1.54, 1.807) is 22.3 Å². The first-order valence-electron chi connectivity index (χ1n) is 8.04. The standard InChI is InChI=1S/C21H18.2ClH.Ti/c1-21(2,19-11-15-7-3-4-8-16(15)12-19)20-13-17-9-5-6-10-18(17)14-20;;;/h3-14H,1-2H3;2*1H;/q;;;+2/p-2. The minimum Gasteiger partial charge on any atom is -1.00 e. The Morgan fingerprint density at radius 1 is 0.708 bits per heavy atom. The second-order valence-electron chi connectivity index (χ2n) is 7.11. The zero-order valence-electron chi connectivity index (χ0n) is 13.7. The summed E-state index contributed by atoms with van der Waals surface area (Å²) in [6, 6.07) is 18.1. The quantitative estimate of drug-likeness (QED) is 0.528. The van der Waals surface area contributed by atoms with Crippen molar-refractivity contribution in [3.63, 3.8) is 0 Å². The third kappa shape index (κ3) is 2.31. The van der Waals surface area contributed by atoms with Gasteiger partial charge < -0.3 is 24.8 Å². The van der Waals surface area contributed by atoms with Crippen LogP contribution in [0.4, 0.5) is 0 Å². The van der Waals surface area contributed by atoms with Gasteiger partial charge in [0.1, 0.15) is 0 Å². The molecule has 1 fully saturated rings. The van der Waals surface area contributed by atoms with Crippen LogP contribution in [-0.4, -0.2) is 0 Å². The van der Waals surface area contributed by atoms with Crippen molar-refractivity contribution in [3.8, 4) is 0 Å². The van der Waals surface area contributed by atoms with Gasteiger partial charge in [-0.2, -0.15) is 0 Å². The van der Waals surface area contributed by atoms with Gasteiger partial charge in [-0.3, -0.25) is 0 Å². The predicted octanol–water partition coefficient (Wildman–Crippen LogP) is -0.607. The van der Waals surface area contributed by atoms with E-state index in [0.717, 1.165) is 8.45 Å². The van der Waals surface area contributed by atoms with Gasteiger partial charge in [-0.1, -0.05) is 0 Å². The Labute approximate surface area is 165 Å². The van der Waals surface area contributed by atoms with Crippen molar-refractivity contribution in [1.82, 2.24) is 0 Å². The van der Waals surface area contributed by atoms with E-state index in [0.29, 0.717) is 0 Å². The molecule has 3 aliphatic rings. The molecule has 0 amide bonds. The molecule has 0 N–H and O–H groups in total. The Morgan fingerprint density at radius 2 is 1.12 bits per heavy atom. The van der Waals surface area contributed by atoms with Gasteiger partial charge in [0.2, 0.25) is 0 Å². The van der Waals surface area contributed by atoms with Crippen LogP contribution in [0, 0.1) is 5.41 Å². The summed E-state index contributed by atoms with van der Waals surface area (Å²) in [5, 5.41) is 0. The van der Waals surface area contributed by atoms with Crippen LogP contribution < -0.4 is 24.8 Å². The fourth-order valence-corrected chi connectivity index (χ4v) is 8.27. The molecule has 0 radical (unpaired) electrons. The Kier molecular flexibility index (Phi) is 4.64. The second-order valence-corrected chi connectivity index (χ2v) is 9.44. The predicted molar refractivity (Wildman–Crippen MR) is 88.1 cm³/mol. The maximum absolute atomic E-state index is 2.49. The molecule has 1 heterocycles. The molecule has 0 bridgehead atoms. The SMILES string of the molecule is CC1(C)C2=Cc3ccccc3[CH]2[Ti+2][CH]2C1=Cc1ccccc12.[Cl-].[Cl-]. The molecule has 2 unspecified atom stereocenters. The van der Waals surface area contributed by atoms with Crippen LogP contribution in [0.1, 0.15) is 44.5 Å². The molecular formula is C21H18Cl2Ti. The van der Waals surface area contributed by atoms with Crippen molar-refractivity contribution in [1.29, 1.82) is 0 Å². The van der Waals surface area contributed by atoms with E-state index < -0.39 is 0 Å². The average Bonchev–Trinajstić information content (AvgIpc) is 3.08. The summed E-state index contributed by atoms with van der Waals surface area (Å²) in [4.78, 5) is 0. The first-order valence-corrected chi connectivity index (χ1v) is 9.84.